The van der Waals surface area contributed by atoms with Gasteiger partial charge in [-0.15, -0.1) is 0 Å². The highest BCUT2D eigenvalue weighted by Crippen LogP contribution is 2.21. The molecule has 1 saturated heterocycles. The van der Waals surface area contributed by atoms with Gasteiger partial charge in [-0.05, 0) is 77.6 Å². The number of methoxy groups -OCH3 is 1. The molecular formula is C25H39N5O2. The van der Waals surface area contributed by atoms with E-state index in [2.05, 4.69) is 46.5 Å². The van der Waals surface area contributed by atoms with Gasteiger partial charge in [-0.3, -0.25) is 9.89 Å². The summed E-state index contributed by atoms with van der Waals surface area (Å²) in [6, 6.07) is 6.32. The Labute approximate surface area is 192 Å². The molecule has 0 atom stereocenters. The largest absolute Gasteiger partial charge is 0.496 e. The summed E-state index contributed by atoms with van der Waals surface area (Å²) in [4.78, 5) is 11.8. The van der Waals surface area contributed by atoms with E-state index in [9.17, 15) is 0 Å². The first-order chi connectivity index (χ1) is 15.5. The van der Waals surface area contributed by atoms with Crippen molar-refractivity contribution in [2.75, 3.05) is 39.8 Å². The zero-order chi connectivity index (χ0) is 22.9. The number of aryl methyl sites for hydroxylation is 3. The fourth-order valence-electron chi connectivity index (χ4n) is 4.11. The van der Waals surface area contributed by atoms with E-state index in [1.165, 1.54) is 11.1 Å². The molecule has 0 amide bonds. The van der Waals surface area contributed by atoms with Crippen LogP contribution in [0, 0.1) is 26.7 Å². The molecule has 1 aliphatic rings. The van der Waals surface area contributed by atoms with Gasteiger partial charge in [-0.1, -0.05) is 17.7 Å². The van der Waals surface area contributed by atoms with Crippen LogP contribution in [-0.2, 0) is 13.0 Å². The van der Waals surface area contributed by atoms with Gasteiger partial charge in [0, 0.05) is 19.6 Å². The third-order valence-electron chi connectivity index (χ3n) is 6.11. The molecule has 32 heavy (non-hydrogen) atoms. The number of aliphatic imine (C=N–C) groups is 1. The lowest BCUT2D eigenvalue weighted by atomic mass is 9.97. The molecule has 1 fully saturated rings. The highest BCUT2D eigenvalue weighted by Gasteiger charge is 2.21. The van der Waals surface area contributed by atoms with E-state index in [4.69, 9.17) is 14.1 Å². The van der Waals surface area contributed by atoms with Crippen molar-refractivity contribution >= 4 is 5.96 Å². The van der Waals surface area contributed by atoms with Crippen LogP contribution in [0.2, 0.25) is 0 Å². The molecule has 7 heteroatoms. The second kappa shape index (κ2) is 11.9. The van der Waals surface area contributed by atoms with Crippen LogP contribution in [0.5, 0.6) is 5.75 Å². The monoisotopic (exact) mass is 441 g/mol. The smallest absolute Gasteiger partial charge is 0.208 e. The van der Waals surface area contributed by atoms with Crippen molar-refractivity contribution in [1.82, 2.24) is 20.5 Å². The Morgan fingerprint density at radius 1 is 1.22 bits per heavy atom. The maximum Gasteiger partial charge on any atom is 0.208 e. The maximum atomic E-state index is 5.74. The lowest BCUT2D eigenvalue weighted by Crippen LogP contribution is -2.39. The first kappa shape index (κ1) is 24.1. The number of hydrogen-bond donors (Lipinski definition) is 2. The van der Waals surface area contributed by atoms with Gasteiger partial charge in [0.05, 0.1) is 19.3 Å². The predicted molar refractivity (Wildman–Crippen MR) is 129 cm³/mol. The van der Waals surface area contributed by atoms with Crippen molar-refractivity contribution in [1.29, 1.82) is 0 Å². The summed E-state index contributed by atoms with van der Waals surface area (Å²) in [5.41, 5.74) is 3.47. The summed E-state index contributed by atoms with van der Waals surface area (Å²) in [6.07, 6.45) is 3.21. The Balaban J connectivity index is 1.44. The molecule has 176 valence electrons. The van der Waals surface area contributed by atoms with E-state index in [0.29, 0.717) is 5.92 Å². The van der Waals surface area contributed by atoms with Gasteiger partial charge in [0.15, 0.2) is 5.96 Å². The van der Waals surface area contributed by atoms with Crippen molar-refractivity contribution in [3.05, 3.63) is 46.7 Å². The van der Waals surface area contributed by atoms with Crippen molar-refractivity contribution in [3.8, 4) is 5.75 Å². The summed E-state index contributed by atoms with van der Waals surface area (Å²) >= 11 is 0. The normalized spacial score (nSPS) is 15.7. The van der Waals surface area contributed by atoms with E-state index in [-0.39, 0.29) is 0 Å². The van der Waals surface area contributed by atoms with Crippen molar-refractivity contribution in [3.63, 3.8) is 0 Å². The van der Waals surface area contributed by atoms with E-state index < -0.39 is 0 Å². The number of piperidine rings is 1. The number of hydrogen-bond acceptors (Lipinski definition) is 5. The average Bonchev–Trinajstić information content (AvgIpc) is 3.09. The number of oxazole rings is 1. The summed E-state index contributed by atoms with van der Waals surface area (Å²) in [6.45, 7) is 13.7. The zero-order valence-electron chi connectivity index (χ0n) is 20.3. The van der Waals surface area contributed by atoms with Gasteiger partial charge < -0.3 is 19.8 Å². The minimum atomic E-state index is 0.617. The third kappa shape index (κ3) is 6.99. The van der Waals surface area contributed by atoms with Gasteiger partial charge in [0.1, 0.15) is 11.5 Å². The highest BCUT2D eigenvalue weighted by atomic mass is 16.5. The first-order valence-electron chi connectivity index (χ1n) is 11.8. The average molecular weight is 442 g/mol. The number of aromatic nitrogens is 1. The number of guanidine groups is 1. The predicted octanol–water partition coefficient (Wildman–Crippen LogP) is 3.62. The number of benzene rings is 1. The van der Waals surface area contributed by atoms with E-state index in [1.54, 1.807) is 7.11 Å². The van der Waals surface area contributed by atoms with Crippen LogP contribution in [-0.4, -0.2) is 55.7 Å². The van der Waals surface area contributed by atoms with E-state index in [0.717, 1.165) is 87.6 Å². The van der Waals surface area contributed by atoms with Crippen LogP contribution >= 0.6 is 0 Å². The number of likely N-dealkylation sites (tertiary alicyclic amines) is 1. The fraction of sp³-hybridized carbons (Fsp3) is 0.600. The maximum absolute atomic E-state index is 5.74. The molecule has 0 aliphatic carbocycles. The van der Waals surface area contributed by atoms with Crippen LogP contribution < -0.4 is 15.4 Å². The van der Waals surface area contributed by atoms with Crippen LogP contribution in [0.25, 0.3) is 0 Å². The Hall–Kier alpha value is -2.54. The van der Waals surface area contributed by atoms with Crippen molar-refractivity contribution in [2.45, 2.75) is 53.5 Å². The molecule has 2 aromatic rings. The van der Waals surface area contributed by atoms with Gasteiger partial charge in [0.2, 0.25) is 5.89 Å². The number of nitrogens with zero attached hydrogens (tertiary/aromatic N) is 3. The van der Waals surface area contributed by atoms with Gasteiger partial charge in [-0.25, -0.2) is 4.98 Å². The molecule has 0 bridgehead atoms. The minimum absolute atomic E-state index is 0.617. The molecule has 7 nitrogen and oxygen atoms in total. The number of nitrogens with one attached hydrogen (secondary N) is 2. The fourth-order valence-corrected chi connectivity index (χ4v) is 4.11. The second-order valence-electron chi connectivity index (χ2n) is 8.68. The molecular weight excluding hydrogens is 402 g/mol. The lowest BCUT2D eigenvalue weighted by molar-refractivity contribution is 0.166. The Bertz CT molecular complexity index is 865. The van der Waals surface area contributed by atoms with Crippen molar-refractivity contribution in [2.24, 2.45) is 10.9 Å². The van der Waals surface area contributed by atoms with Gasteiger partial charge >= 0.3 is 0 Å². The molecule has 3 rings (SSSR count). The molecule has 1 aromatic heterocycles. The number of ether oxygens (including phenoxy) is 1. The molecule has 1 aliphatic heterocycles. The quantitative estimate of drug-likeness (QED) is 0.457. The summed E-state index contributed by atoms with van der Waals surface area (Å²) in [5.74, 6) is 4.22. The van der Waals surface area contributed by atoms with Crippen LogP contribution in [0.4, 0.5) is 0 Å². The first-order valence-corrected chi connectivity index (χ1v) is 11.8. The molecule has 0 unspecified atom stereocenters. The molecule has 2 N–H and O–H groups in total. The minimum Gasteiger partial charge on any atom is -0.496 e. The lowest BCUT2D eigenvalue weighted by Gasteiger charge is -2.30. The van der Waals surface area contributed by atoms with Crippen LogP contribution in [0.3, 0.4) is 0 Å². The second-order valence-corrected chi connectivity index (χ2v) is 8.68. The van der Waals surface area contributed by atoms with Crippen LogP contribution in [0.1, 0.15) is 48.2 Å². The third-order valence-corrected chi connectivity index (χ3v) is 6.11. The van der Waals surface area contributed by atoms with E-state index >= 15 is 0 Å². The molecule has 0 saturated carbocycles. The Morgan fingerprint density at radius 2 is 2.00 bits per heavy atom. The topological polar surface area (TPSA) is 74.9 Å². The molecule has 0 spiro atoms. The number of rotatable bonds is 9. The summed E-state index contributed by atoms with van der Waals surface area (Å²) in [5, 5.41) is 6.85. The molecule has 0 radical (unpaired) electrons. The SMILES string of the molecule is CCNC(=NCC1CCN(Cc2nc(C)c(C)o2)CC1)NCCc1cc(C)ccc1OC. The zero-order valence-corrected chi connectivity index (χ0v) is 20.3. The highest BCUT2D eigenvalue weighted by molar-refractivity contribution is 5.79. The van der Waals surface area contributed by atoms with Gasteiger partial charge in [0.25, 0.3) is 0 Å². The molecule has 1 aromatic carbocycles. The standard InChI is InChI=1S/C25H39N5O2/c1-6-26-25(27-12-9-22-15-18(2)7-8-23(22)31-5)28-16-21-10-13-30(14-11-21)17-24-29-19(3)20(4)32-24/h7-8,15,21H,6,9-14,16-17H2,1-5H3,(H2,26,27,28). The van der Waals surface area contributed by atoms with Crippen molar-refractivity contribution < 1.29 is 9.15 Å². The Kier molecular flexibility index (Phi) is 8.97. The van der Waals surface area contributed by atoms with E-state index in [1.807, 2.05) is 19.9 Å². The van der Waals surface area contributed by atoms with Gasteiger partial charge in [-0.2, -0.15) is 0 Å². The molecule has 2 heterocycles. The summed E-state index contributed by atoms with van der Waals surface area (Å²) in [7, 11) is 1.73. The summed E-state index contributed by atoms with van der Waals surface area (Å²) < 4.78 is 11.2. The van der Waals surface area contributed by atoms with Crippen LogP contribution in [0.15, 0.2) is 27.6 Å². The Morgan fingerprint density at radius 3 is 2.66 bits per heavy atom.